The first-order valence-electron chi connectivity index (χ1n) is 6.61. The van der Waals surface area contributed by atoms with Crippen molar-refractivity contribution in [2.45, 2.75) is 32.7 Å². The van der Waals surface area contributed by atoms with Crippen LogP contribution in [0.2, 0.25) is 0 Å². The second kappa shape index (κ2) is 6.00. The molecule has 18 heavy (non-hydrogen) atoms. The van der Waals surface area contributed by atoms with Crippen molar-refractivity contribution in [3.8, 4) is 0 Å². The number of rotatable bonds is 4. The Hall–Kier alpha value is -1.36. The number of carbonyl (C=O) groups excluding carboxylic acids is 1. The fourth-order valence-corrected chi connectivity index (χ4v) is 2.34. The number of amides is 1. The molecule has 1 saturated heterocycles. The van der Waals surface area contributed by atoms with Gasteiger partial charge in [0.25, 0.3) is 0 Å². The zero-order valence-corrected chi connectivity index (χ0v) is 11.2. The maximum atomic E-state index is 11.8. The minimum Gasteiger partial charge on any atom is -0.352 e. The monoisotopic (exact) mass is 250 g/mol. The minimum absolute atomic E-state index is 0.145. The minimum atomic E-state index is 0.145. The molecule has 0 bridgehead atoms. The highest BCUT2D eigenvalue weighted by molar-refractivity contribution is 5.76. The van der Waals surface area contributed by atoms with E-state index in [2.05, 4.69) is 15.7 Å². The lowest BCUT2D eigenvalue weighted by atomic mass is 9.96. The molecule has 5 nitrogen and oxygen atoms in total. The predicted octanol–water partition coefficient (Wildman–Crippen LogP) is 0.734. The van der Waals surface area contributed by atoms with Crippen molar-refractivity contribution in [1.29, 1.82) is 0 Å². The first-order valence-corrected chi connectivity index (χ1v) is 6.61. The summed E-state index contributed by atoms with van der Waals surface area (Å²) in [6.45, 7) is 4.66. The molecule has 1 fully saturated rings. The van der Waals surface area contributed by atoms with E-state index in [0.717, 1.165) is 30.8 Å². The molecule has 2 N–H and O–H groups in total. The van der Waals surface area contributed by atoms with Crippen molar-refractivity contribution in [3.05, 3.63) is 17.5 Å². The summed E-state index contributed by atoms with van der Waals surface area (Å²) in [5.74, 6) is 0.640. The first-order chi connectivity index (χ1) is 8.66. The highest BCUT2D eigenvalue weighted by Crippen LogP contribution is 2.14. The zero-order chi connectivity index (χ0) is 13.0. The molecule has 0 spiro atoms. The number of nitrogens with zero attached hydrogens (tertiary/aromatic N) is 2. The highest BCUT2D eigenvalue weighted by Gasteiger charge is 2.16. The van der Waals surface area contributed by atoms with Crippen LogP contribution in [0, 0.1) is 12.8 Å². The molecule has 0 aromatic carbocycles. The quantitative estimate of drug-likeness (QED) is 0.828. The van der Waals surface area contributed by atoms with Crippen LogP contribution in [0.5, 0.6) is 0 Å². The summed E-state index contributed by atoms with van der Waals surface area (Å²) < 4.78 is 1.83. The summed E-state index contributed by atoms with van der Waals surface area (Å²) >= 11 is 0. The molecule has 1 aromatic heterocycles. The number of hydrogen-bond donors (Lipinski definition) is 2. The molecular weight excluding hydrogens is 228 g/mol. The molecule has 1 aromatic rings. The van der Waals surface area contributed by atoms with Crippen molar-refractivity contribution in [1.82, 2.24) is 20.4 Å². The van der Waals surface area contributed by atoms with E-state index < -0.39 is 0 Å². The van der Waals surface area contributed by atoms with E-state index in [0.29, 0.717) is 18.9 Å². The Balaban J connectivity index is 1.76. The third-order valence-electron chi connectivity index (χ3n) is 3.69. The topological polar surface area (TPSA) is 59.0 Å². The van der Waals surface area contributed by atoms with Crippen LogP contribution in [0.25, 0.3) is 0 Å². The van der Waals surface area contributed by atoms with Gasteiger partial charge >= 0.3 is 0 Å². The van der Waals surface area contributed by atoms with Crippen LogP contribution in [-0.4, -0.2) is 28.8 Å². The van der Waals surface area contributed by atoms with Gasteiger partial charge in [-0.3, -0.25) is 9.48 Å². The second-order valence-corrected chi connectivity index (χ2v) is 5.07. The summed E-state index contributed by atoms with van der Waals surface area (Å²) in [5.41, 5.74) is 2.20. The fourth-order valence-electron chi connectivity index (χ4n) is 2.34. The number of aryl methyl sites for hydroxylation is 1. The Bertz CT molecular complexity index is 407. The third kappa shape index (κ3) is 3.32. The fraction of sp³-hybridized carbons (Fsp3) is 0.692. The van der Waals surface area contributed by atoms with Gasteiger partial charge in [0.1, 0.15) is 0 Å². The lowest BCUT2D eigenvalue weighted by Gasteiger charge is -2.22. The lowest BCUT2D eigenvalue weighted by molar-refractivity contribution is -0.122. The van der Waals surface area contributed by atoms with Crippen molar-refractivity contribution >= 4 is 5.91 Å². The highest BCUT2D eigenvalue weighted by atomic mass is 16.1. The number of piperidine rings is 1. The van der Waals surface area contributed by atoms with E-state index in [1.165, 1.54) is 6.42 Å². The van der Waals surface area contributed by atoms with Gasteiger partial charge in [0.05, 0.1) is 6.20 Å². The van der Waals surface area contributed by atoms with Gasteiger partial charge in [-0.15, -0.1) is 0 Å². The van der Waals surface area contributed by atoms with Crippen LogP contribution < -0.4 is 10.6 Å². The summed E-state index contributed by atoms with van der Waals surface area (Å²) in [6.07, 6.45) is 4.79. The maximum absolute atomic E-state index is 11.8. The molecule has 5 heteroatoms. The van der Waals surface area contributed by atoms with Crippen molar-refractivity contribution < 1.29 is 4.79 Å². The number of nitrogens with one attached hydrogen (secondary N) is 2. The molecule has 100 valence electrons. The number of hydrogen-bond acceptors (Lipinski definition) is 3. The van der Waals surface area contributed by atoms with E-state index in [4.69, 9.17) is 0 Å². The predicted molar refractivity (Wildman–Crippen MR) is 70.0 cm³/mol. The molecule has 1 aliphatic heterocycles. The maximum Gasteiger partial charge on any atom is 0.220 e. The summed E-state index contributed by atoms with van der Waals surface area (Å²) in [5, 5.41) is 10.5. The van der Waals surface area contributed by atoms with Gasteiger partial charge in [0, 0.05) is 31.3 Å². The number of aromatic nitrogens is 2. The molecule has 0 saturated carbocycles. The first kappa shape index (κ1) is 13.1. The standard InChI is InChI=1S/C13H22N4O/c1-10-12(9-16-17(10)2)8-15-13(18)6-11-4-3-5-14-7-11/h9,11,14H,3-8H2,1-2H3,(H,15,18). The van der Waals surface area contributed by atoms with Gasteiger partial charge in [-0.2, -0.15) is 5.10 Å². The van der Waals surface area contributed by atoms with Gasteiger partial charge in [-0.25, -0.2) is 0 Å². The largest absolute Gasteiger partial charge is 0.352 e. The van der Waals surface area contributed by atoms with Crippen LogP contribution in [0.4, 0.5) is 0 Å². The Kier molecular flexibility index (Phi) is 4.36. The molecule has 0 aliphatic carbocycles. The van der Waals surface area contributed by atoms with E-state index in [1.807, 2.05) is 24.9 Å². The van der Waals surface area contributed by atoms with Crippen LogP contribution in [-0.2, 0) is 18.4 Å². The van der Waals surface area contributed by atoms with E-state index >= 15 is 0 Å². The average molecular weight is 250 g/mol. The Morgan fingerprint density at radius 1 is 1.67 bits per heavy atom. The Morgan fingerprint density at radius 3 is 3.11 bits per heavy atom. The van der Waals surface area contributed by atoms with E-state index in [1.54, 1.807) is 0 Å². The van der Waals surface area contributed by atoms with Crippen LogP contribution in [0.15, 0.2) is 6.20 Å². The third-order valence-corrected chi connectivity index (χ3v) is 3.69. The lowest BCUT2D eigenvalue weighted by Crippen LogP contribution is -2.34. The summed E-state index contributed by atoms with van der Waals surface area (Å²) in [6, 6.07) is 0. The smallest absolute Gasteiger partial charge is 0.220 e. The summed E-state index contributed by atoms with van der Waals surface area (Å²) in [7, 11) is 1.91. The molecule has 0 radical (unpaired) electrons. The normalized spacial score (nSPS) is 19.8. The van der Waals surface area contributed by atoms with Crippen LogP contribution in [0.3, 0.4) is 0 Å². The summed E-state index contributed by atoms with van der Waals surface area (Å²) in [4.78, 5) is 11.8. The van der Waals surface area contributed by atoms with Gasteiger partial charge in [-0.1, -0.05) is 0 Å². The molecule has 1 atom stereocenters. The van der Waals surface area contributed by atoms with Crippen LogP contribution >= 0.6 is 0 Å². The van der Waals surface area contributed by atoms with Crippen molar-refractivity contribution in [2.75, 3.05) is 13.1 Å². The van der Waals surface area contributed by atoms with E-state index in [-0.39, 0.29) is 5.91 Å². The van der Waals surface area contributed by atoms with Gasteiger partial charge in [-0.05, 0) is 38.8 Å². The molecule has 2 rings (SSSR count). The van der Waals surface area contributed by atoms with Gasteiger partial charge in [0.2, 0.25) is 5.91 Å². The average Bonchev–Trinajstić information content (AvgIpc) is 2.69. The molecule has 1 unspecified atom stereocenters. The Morgan fingerprint density at radius 2 is 2.50 bits per heavy atom. The SMILES string of the molecule is Cc1c(CNC(=O)CC2CCCNC2)cnn1C. The van der Waals surface area contributed by atoms with E-state index in [9.17, 15) is 4.79 Å². The number of carbonyl (C=O) groups is 1. The molecular formula is C13H22N4O. The van der Waals surface area contributed by atoms with Gasteiger partial charge < -0.3 is 10.6 Å². The molecule has 1 amide bonds. The van der Waals surface area contributed by atoms with Crippen molar-refractivity contribution in [3.63, 3.8) is 0 Å². The Labute approximate surface area is 108 Å². The van der Waals surface area contributed by atoms with Crippen LogP contribution in [0.1, 0.15) is 30.5 Å². The second-order valence-electron chi connectivity index (χ2n) is 5.07. The zero-order valence-electron chi connectivity index (χ0n) is 11.2. The molecule has 1 aliphatic rings. The van der Waals surface area contributed by atoms with Gasteiger partial charge in [0.15, 0.2) is 0 Å². The molecule has 2 heterocycles. The van der Waals surface area contributed by atoms with Crippen molar-refractivity contribution in [2.24, 2.45) is 13.0 Å².